The van der Waals surface area contributed by atoms with E-state index in [0.717, 1.165) is 0 Å². The van der Waals surface area contributed by atoms with Gasteiger partial charge in [0.05, 0.1) is 21.3 Å². The molecule has 1 aliphatic heterocycles. The summed E-state index contributed by atoms with van der Waals surface area (Å²) in [4.78, 5) is 20.5. The average Bonchev–Trinajstić information content (AvgIpc) is 2.72. The first kappa shape index (κ1) is 22.5. The van der Waals surface area contributed by atoms with Crippen LogP contribution in [-0.4, -0.2) is 47.8 Å². The van der Waals surface area contributed by atoms with Crippen LogP contribution in [0, 0.1) is 28.5 Å². The molecule has 31 heavy (non-hydrogen) atoms. The number of carbonyl (C=O) groups excluding carboxylic acids is 1. The van der Waals surface area contributed by atoms with Crippen LogP contribution in [0.3, 0.4) is 0 Å². The first-order chi connectivity index (χ1) is 14.6. The number of ether oxygens (including phenoxy) is 1. The molecule has 0 unspecified atom stereocenters. The van der Waals surface area contributed by atoms with Crippen LogP contribution in [0.15, 0.2) is 28.7 Å². The van der Waals surface area contributed by atoms with E-state index in [1.165, 1.54) is 12.1 Å². The van der Waals surface area contributed by atoms with E-state index >= 15 is 0 Å². The summed E-state index contributed by atoms with van der Waals surface area (Å²) in [5, 5.41) is 18.5. The van der Waals surface area contributed by atoms with E-state index in [9.17, 15) is 14.4 Å². The van der Waals surface area contributed by atoms with E-state index < -0.39 is 11.4 Å². The van der Waals surface area contributed by atoms with Gasteiger partial charge in [0.1, 0.15) is 29.4 Å². The Hall–Kier alpha value is -3.17. The minimum Gasteiger partial charge on any atom is -0.444 e. The van der Waals surface area contributed by atoms with Crippen molar-refractivity contribution < 1.29 is 13.9 Å². The predicted octanol–water partition coefficient (Wildman–Crippen LogP) is 4.45. The summed E-state index contributed by atoms with van der Waals surface area (Å²) in [7, 11) is 0. The van der Waals surface area contributed by atoms with Gasteiger partial charge in [-0.05, 0) is 54.9 Å². The van der Waals surface area contributed by atoms with Gasteiger partial charge in [0.15, 0.2) is 0 Å². The highest BCUT2D eigenvalue weighted by Gasteiger charge is 2.27. The van der Waals surface area contributed by atoms with Crippen molar-refractivity contribution in [1.82, 2.24) is 9.88 Å². The highest BCUT2D eigenvalue weighted by Crippen LogP contribution is 2.33. The zero-order valence-corrected chi connectivity index (χ0v) is 19.0. The summed E-state index contributed by atoms with van der Waals surface area (Å²) < 4.78 is 20.0. The van der Waals surface area contributed by atoms with Crippen molar-refractivity contribution in [3.8, 4) is 23.4 Å². The number of amides is 1. The Morgan fingerprint density at radius 1 is 1.13 bits per heavy atom. The number of piperazine rings is 1. The molecule has 1 fully saturated rings. The minimum atomic E-state index is -0.649. The standard InChI is InChI=1S/C22H21BrFN5O2/c1-22(2,3)31-21(30)29-8-6-28(7-9-29)18-11-16(13-26)19(23)20(27-18)14-4-5-15(12-25)17(24)10-14/h4-5,10-11H,6-9H2,1-3H3. The summed E-state index contributed by atoms with van der Waals surface area (Å²) >= 11 is 3.39. The van der Waals surface area contributed by atoms with Gasteiger partial charge in [-0.2, -0.15) is 10.5 Å². The first-order valence-corrected chi connectivity index (χ1v) is 10.5. The van der Waals surface area contributed by atoms with Crippen LogP contribution in [0.4, 0.5) is 15.0 Å². The van der Waals surface area contributed by atoms with Crippen molar-refractivity contribution in [3.05, 3.63) is 45.7 Å². The molecule has 0 radical (unpaired) electrons. The summed E-state index contributed by atoms with van der Waals surface area (Å²) in [5.74, 6) is -0.0908. The molecule has 0 N–H and O–H groups in total. The Kier molecular flexibility index (Phi) is 6.47. The molecule has 1 aliphatic rings. The lowest BCUT2D eigenvalue weighted by Gasteiger charge is -2.36. The maximum absolute atomic E-state index is 14.2. The van der Waals surface area contributed by atoms with Gasteiger partial charge < -0.3 is 14.5 Å². The van der Waals surface area contributed by atoms with E-state index in [-0.39, 0.29) is 11.7 Å². The average molecular weight is 486 g/mol. The number of pyridine rings is 1. The van der Waals surface area contributed by atoms with E-state index in [4.69, 9.17) is 10.00 Å². The van der Waals surface area contributed by atoms with Crippen molar-refractivity contribution in [3.63, 3.8) is 0 Å². The molecular formula is C22H21BrFN5O2. The number of benzene rings is 1. The van der Waals surface area contributed by atoms with E-state index in [1.54, 1.807) is 23.1 Å². The molecule has 0 atom stereocenters. The third kappa shape index (κ3) is 5.12. The molecular weight excluding hydrogens is 465 g/mol. The molecule has 160 valence electrons. The number of carbonyl (C=O) groups is 1. The molecule has 3 rings (SSSR count). The monoisotopic (exact) mass is 485 g/mol. The number of halogens is 2. The fourth-order valence-corrected chi connectivity index (χ4v) is 3.67. The van der Waals surface area contributed by atoms with Gasteiger partial charge in [0, 0.05) is 31.7 Å². The third-order valence-corrected chi connectivity index (χ3v) is 5.49. The maximum Gasteiger partial charge on any atom is 0.410 e. The zero-order valence-electron chi connectivity index (χ0n) is 17.4. The van der Waals surface area contributed by atoms with Gasteiger partial charge in [-0.1, -0.05) is 6.07 Å². The van der Waals surface area contributed by atoms with E-state index in [2.05, 4.69) is 27.0 Å². The number of nitriles is 2. The number of nitrogens with zero attached hydrogens (tertiary/aromatic N) is 5. The summed E-state index contributed by atoms with van der Waals surface area (Å²) in [6, 6.07) is 9.80. The predicted molar refractivity (Wildman–Crippen MR) is 117 cm³/mol. The first-order valence-electron chi connectivity index (χ1n) is 9.66. The fraction of sp³-hybridized carbons (Fsp3) is 0.364. The van der Waals surface area contributed by atoms with Crippen molar-refractivity contribution in [2.24, 2.45) is 0 Å². The second-order valence-electron chi connectivity index (χ2n) is 8.06. The Morgan fingerprint density at radius 2 is 1.77 bits per heavy atom. The molecule has 1 amide bonds. The van der Waals surface area contributed by atoms with Crippen molar-refractivity contribution in [2.75, 3.05) is 31.1 Å². The van der Waals surface area contributed by atoms with E-state index in [0.29, 0.717) is 53.3 Å². The Balaban J connectivity index is 1.86. The highest BCUT2D eigenvalue weighted by molar-refractivity contribution is 9.10. The number of hydrogen-bond donors (Lipinski definition) is 0. The normalized spacial score (nSPS) is 14.0. The van der Waals surface area contributed by atoms with Gasteiger partial charge >= 0.3 is 6.09 Å². The molecule has 0 bridgehead atoms. The number of hydrogen-bond acceptors (Lipinski definition) is 6. The summed E-state index contributed by atoms with van der Waals surface area (Å²) in [6.45, 7) is 7.40. The highest BCUT2D eigenvalue weighted by atomic mass is 79.9. The van der Waals surface area contributed by atoms with Crippen molar-refractivity contribution in [2.45, 2.75) is 26.4 Å². The largest absolute Gasteiger partial charge is 0.444 e. The number of rotatable bonds is 2. The Morgan fingerprint density at radius 3 is 2.32 bits per heavy atom. The molecule has 1 saturated heterocycles. The van der Waals surface area contributed by atoms with Crippen LogP contribution in [0.25, 0.3) is 11.3 Å². The van der Waals surface area contributed by atoms with Crippen LogP contribution >= 0.6 is 15.9 Å². The third-order valence-electron chi connectivity index (χ3n) is 4.68. The zero-order chi connectivity index (χ0) is 22.8. The summed E-state index contributed by atoms with van der Waals surface area (Å²) in [6.07, 6.45) is -0.359. The smallest absolute Gasteiger partial charge is 0.410 e. The fourth-order valence-electron chi connectivity index (χ4n) is 3.15. The Bertz CT molecular complexity index is 1090. The second-order valence-corrected chi connectivity index (χ2v) is 8.86. The SMILES string of the molecule is CC(C)(C)OC(=O)N1CCN(c2cc(C#N)c(Br)c(-c3ccc(C#N)c(F)c3)n2)CC1. The summed E-state index contributed by atoms with van der Waals surface area (Å²) in [5.41, 5.74) is 0.601. The topological polar surface area (TPSA) is 93.2 Å². The maximum atomic E-state index is 14.2. The van der Waals surface area contributed by atoms with Crippen LogP contribution in [0.2, 0.25) is 0 Å². The Labute approximate surface area is 188 Å². The molecule has 1 aromatic carbocycles. The van der Waals surface area contributed by atoms with Crippen LogP contribution < -0.4 is 4.90 Å². The van der Waals surface area contributed by atoms with Gasteiger partial charge in [-0.3, -0.25) is 0 Å². The van der Waals surface area contributed by atoms with Gasteiger partial charge in [-0.15, -0.1) is 0 Å². The minimum absolute atomic E-state index is 0.0604. The molecule has 0 aliphatic carbocycles. The molecule has 0 spiro atoms. The molecule has 1 aromatic heterocycles. The van der Waals surface area contributed by atoms with Crippen molar-refractivity contribution in [1.29, 1.82) is 10.5 Å². The molecule has 2 heterocycles. The van der Waals surface area contributed by atoms with Crippen LogP contribution in [-0.2, 0) is 4.74 Å². The molecule has 0 saturated carbocycles. The van der Waals surface area contributed by atoms with Crippen LogP contribution in [0.1, 0.15) is 31.9 Å². The lowest BCUT2D eigenvalue weighted by Crippen LogP contribution is -2.50. The van der Waals surface area contributed by atoms with Gasteiger partial charge in [0.25, 0.3) is 0 Å². The molecule has 7 nitrogen and oxygen atoms in total. The van der Waals surface area contributed by atoms with Gasteiger partial charge in [-0.25, -0.2) is 14.2 Å². The van der Waals surface area contributed by atoms with Gasteiger partial charge in [0.2, 0.25) is 0 Å². The van der Waals surface area contributed by atoms with E-state index in [1.807, 2.05) is 25.7 Å². The number of anilines is 1. The second kappa shape index (κ2) is 8.91. The molecule has 9 heteroatoms. The number of aromatic nitrogens is 1. The quantitative estimate of drug-likeness (QED) is 0.623. The van der Waals surface area contributed by atoms with Crippen molar-refractivity contribution >= 4 is 27.8 Å². The lowest BCUT2D eigenvalue weighted by molar-refractivity contribution is 0.0240. The molecule has 2 aromatic rings. The lowest BCUT2D eigenvalue weighted by atomic mass is 10.1. The van der Waals surface area contributed by atoms with Crippen LogP contribution in [0.5, 0.6) is 0 Å².